The molecule has 3 heteroatoms. The van der Waals surface area contributed by atoms with Gasteiger partial charge in [-0.2, -0.15) is 0 Å². The molecule has 0 atom stereocenters. The lowest BCUT2D eigenvalue weighted by molar-refractivity contribution is 0.0637. The van der Waals surface area contributed by atoms with Gasteiger partial charge in [0.25, 0.3) is 0 Å². The average molecular weight is 199 g/mol. The summed E-state index contributed by atoms with van der Waals surface area (Å²) in [5.41, 5.74) is 0. The summed E-state index contributed by atoms with van der Waals surface area (Å²) in [7, 11) is 0. The molecule has 1 saturated carbocycles. The summed E-state index contributed by atoms with van der Waals surface area (Å²) in [6.07, 6.45) is 6.35. The fourth-order valence-corrected chi connectivity index (χ4v) is 1.64. The number of hydrogen-bond acceptors (Lipinski definition) is 3. The molecule has 0 saturated heterocycles. The third kappa shape index (κ3) is 4.49. The summed E-state index contributed by atoms with van der Waals surface area (Å²) in [6, 6.07) is 0. The summed E-state index contributed by atoms with van der Waals surface area (Å²) in [5, 5.41) is 0. The molecule has 1 fully saturated rings. The smallest absolute Gasteiger partial charge is 0.434 e. The Morgan fingerprint density at radius 3 is 2.71 bits per heavy atom. The fourth-order valence-electron chi connectivity index (χ4n) is 1.64. The van der Waals surface area contributed by atoms with E-state index in [1.165, 1.54) is 19.3 Å². The molecule has 1 radical (unpaired) electrons. The minimum Gasteiger partial charge on any atom is -0.434 e. The van der Waals surface area contributed by atoms with Gasteiger partial charge in [0.2, 0.25) is 0 Å². The largest absolute Gasteiger partial charge is 0.508 e. The second-order valence-corrected chi connectivity index (χ2v) is 3.75. The highest BCUT2D eigenvalue weighted by Crippen LogP contribution is 2.25. The van der Waals surface area contributed by atoms with E-state index >= 15 is 0 Å². The standard InChI is InChI=1S/C11H19O3/c1-2-8-13-11(12)14-9-10-6-4-3-5-7-10/h9-10H,2-8H2,1H3. The average Bonchev–Trinajstić information content (AvgIpc) is 2.25. The molecule has 0 bridgehead atoms. The van der Waals surface area contributed by atoms with Crippen molar-refractivity contribution in [2.45, 2.75) is 45.4 Å². The van der Waals surface area contributed by atoms with E-state index in [0.29, 0.717) is 12.5 Å². The van der Waals surface area contributed by atoms with Crippen molar-refractivity contribution >= 4 is 6.16 Å². The van der Waals surface area contributed by atoms with Crippen LogP contribution in [0.25, 0.3) is 0 Å². The molecule has 81 valence electrons. The lowest BCUT2D eigenvalue weighted by Gasteiger charge is -2.19. The van der Waals surface area contributed by atoms with E-state index in [1.54, 1.807) is 6.61 Å². The second-order valence-electron chi connectivity index (χ2n) is 3.75. The molecular formula is C11H19O3. The number of ether oxygens (including phenoxy) is 2. The van der Waals surface area contributed by atoms with E-state index in [9.17, 15) is 4.79 Å². The van der Waals surface area contributed by atoms with E-state index < -0.39 is 6.16 Å². The third-order valence-corrected chi connectivity index (χ3v) is 2.43. The molecular weight excluding hydrogens is 180 g/mol. The maximum Gasteiger partial charge on any atom is 0.508 e. The summed E-state index contributed by atoms with van der Waals surface area (Å²) in [6.45, 7) is 4.05. The quantitative estimate of drug-likeness (QED) is 0.652. The zero-order chi connectivity index (χ0) is 10.2. The minimum atomic E-state index is -0.558. The highest BCUT2D eigenvalue weighted by atomic mass is 16.7. The van der Waals surface area contributed by atoms with Gasteiger partial charge in [-0.1, -0.05) is 26.2 Å². The Bertz CT molecular complexity index is 162. The van der Waals surface area contributed by atoms with Crippen LogP contribution in [0.2, 0.25) is 0 Å². The van der Waals surface area contributed by atoms with Crippen molar-refractivity contribution in [1.29, 1.82) is 0 Å². The monoisotopic (exact) mass is 199 g/mol. The van der Waals surface area contributed by atoms with Crippen LogP contribution in [0.3, 0.4) is 0 Å². The van der Waals surface area contributed by atoms with Crippen LogP contribution in [0.1, 0.15) is 45.4 Å². The molecule has 0 aliphatic heterocycles. The van der Waals surface area contributed by atoms with Crippen molar-refractivity contribution < 1.29 is 14.3 Å². The highest BCUT2D eigenvalue weighted by molar-refractivity contribution is 5.60. The Morgan fingerprint density at radius 1 is 1.36 bits per heavy atom. The summed E-state index contributed by atoms with van der Waals surface area (Å²) < 4.78 is 9.69. The molecule has 1 aliphatic carbocycles. The van der Waals surface area contributed by atoms with Gasteiger partial charge in [-0.05, 0) is 25.2 Å². The second kappa shape index (κ2) is 6.68. The number of carbonyl (C=O) groups excluding carboxylic acids is 1. The van der Waals surface area contributed by atoms with Crippen molar-refractivity contribution in [2.24, 2.45) is 5.92 Å². The van der Waals surface area contributed by atoms with Gasteiger partial charge < -0.3 is 9.47 Å². The van der Waals surface area contributed by atoms with Crippen molar-refractivity contribution in [3.63, 3.8) is 0 Å². The summed E-state index contributed by atoms with van der Waals surface area (Å²) in [5.74, 6) is 0.443. The Balaban J connectivity index is 2.03. The van der Waals surface area contributed by atoms with Crippen molar-refractivity contribution in [2.75, 3.05) is 6.61 Å². The van der Waals surface area contributed by atoms with Crippen LogP contribution < -0.4 is 0 Å². The van der Waals surface area contributed by atoms with Crippen molar-refractivity contribution in [3.8, 4) is 0 Å². The predicted molar refractivity (Wildman–Crippen MR) is 53.6 cm³/mol. The first-order valence-corrected chi connectivity index (χ1v) is 5.49. The maximum absolute atomic E-state index is 11.0. The molecule has 1 rings (SSSR count). The molecule has 0 heterocycles. The predicted octanol–water partition coefficient (Wildman–Crippen LogP) is 3.29. The molecule has 0 aromatic carbocycles. The van der Waals surface area contributed by atoms with Gasteiger partial charge in [0, 0.05) is 0 Å². The fraction of sp³-hybridized carbons (Fsp3) is 0.818. The number of carbonyl (C=O) groups is 1. The van der Waals surface area contributed by atoms with Gasteiger partial charge in [0.1, 0.15) is 6.61 Å². The highest BCUT2D eigenvalue weighted by Gasteiger charge is 2.16. The summed E-state index contributed by atoms with van der Waals surface area (Å²) in [4.78, 5) is 11.0. The van der Waals surface area contributed by atoms with Crippen LogP contribution >= 0.6 is 0 Å². The van der Waals surface area contributed by atoms with E-state index in [0.717, 1.165) is 19.3 Å². The van der Waals surface area contributed by atoms with Gasteiger partial charge in [0.05, 0.1) is 6.61 Å². The Hall–Kier alpha value is -0.730. The van der Waals surface area contributed by atoms with Gasteiger partial charge in [-0.3, -0.25) is 0 Å². The van der Waals surface area contributed by atoms with Crippen molar-refractivity contribution in [1.82, 2.24) is 0 Å². The van der Waals surface area contributed by atoms with E-state index in [1.807, 2.05) is 6.92 Å². The lowest BCUT2D eigenvalue weighted by atomic mass is 9.90. The molecule has 0 aromatic rings. The van der Waals surface area contributed by atoms with Crippen molar-refractivity contribution in [3.05, 3.63) is 6.61 Å². The number of hydrogen-bond donors (Lipinski definition) is 0. The molecule has 14 heavy (non-hydrogen) atoms. The zero-order valence-corrected chi connectivity index (χ0v) is 8.83. The van der Waals surface area contributed by atoms with Crippen LogP contribution in [0, 0.1) is 12.5 Å². The Labute approximate surface area is 85.8 Å². The molecule has 0 unspecified atom stereocenters. The molecule has 1 aliphatic rings. The van der Waals surface area contributed by atoms with E-state index in [4.69, 9.17) is 9.47 Å². The minimum absolute atomic E-state index is 0.442. The van der Waals surface area contributed by atoms with E-state index in [-0.39, 0.29) is 0 Å². The van der Waals surface area contributed by atoms with Crippen LogP contribution in [-0.4, -0.2) is 12.8 Å². The first-order chi connectivity index (χ1) is 6.83. The first kappa shape index (κ1) is 11.3. The topological polar surface area (TPSA) is 35.5 Å². The zero-order valence-electron chi connectivity index (χ0n) is 8.83. The molecule has 0 N–H and O–H groups in total. The van der Waals surface area contributed by atoms with Gasteiger partial charge in [-0.25, -0.2) is 4.79 Å². The molecule has 0 aromatic heterocycles. The van der Waals surface area contributed by atoms with Gasteiger partial charge in [-0.15, -0.1) is 0 Å². The lowest BCUT2D eigenvalue weighted by Crippen LogP contribution is -2.13. The Kier molecular flexibility index (Phi) is 5.42. The SMILES string of the molecule is CCCOC(=O)O[CH]C1CCCCC1. The molecule has 0 amide bonds. The normalized spacial score (nSPS) is 17.8. The molecule has 0 spiro atoms. The van der Waals surface area contributed by atoms with Gasteiger partial charge in [0.15, 0.2) is 0 Å². The first-order valence-electron chi connectivity index (χ1n) is 5.49. The Morgan fingerprint density at radius 2 is 2.07 bits per heavy atom. The van der Waals surface area contributed by atoms with Crippen LogP contribution in [0.5, 0.6) is 0 Å². The van der Waals surface area contributed by atoms with E-state index in [2.05, 4.69) is 0 Å². The van der Waals surface area contributed by atoms with Gasteiger partial charge >= 0.3 is 6.16 Å². The summed E-state index contributed by atoms with van der Waals surface area (Å²) >= 11 is 0. The van der Waals surface area contributed by atoms with Crippen LogP contribution in [0.4, 0.5) is 4.79 Å². The third-order valence-electron chi connectivity index (χ3n) is 2.43. The van der Waals surface area contributed by atoms with Crippen LogP contribution in [0.15, 0.2) is 0 Å². The van der Waals surface area contributed by atoms with Crippen LogP contribution in [-0.2, 0) is 9.47 Å². The number of rotatable bonds is 4. The molecule has 3 nitrogen and oxygen atoms in total. The maximum atomic E-state index is 11.0.